The number of aromatic nitrogens is 3. The van der Waals surface area contributed by atoms with E-state index in [9.17, 15) is 13.2 Å². The van der Waals surface area contributed by atoms with E-state index in [0.29, 0.717) is 12.2 Å². The van der Waals surface area contributed by atoms with Crippen LogP contribution in [0.25, 0.3) is 0 Å². The minimum atomic E-state index is -4.40. The van der Waals surface area contributed by atoms with Crippen molar-refractivity contribution >= 4 is 0 Å². The topological polar surface area (TPSA) is 68.8 Å². The zero-order chi connectivity index (χ0) is 15.5. The summed E-state index contributed by atoms with van der Waals surface area (Å²) in [6.45, 7) is 2.70. The molecule has 0 radical (unpaired) electrons. The normalized spacial score (nSPS) is 13.4. The van der Waals surface area contributed by atoms with Crippen LogP contribution in [0, 0.1) is 0 Å². The minimum absolute atomic E-state index is 0.406. The molecule has 0 fully saturated rings. The van der Waals surface area contributed by atoms with E-state index in [1.54, 1.807) is 16.9 Å². The summed E-state index contributed by atoms with van der Waals surface area (Å²) < 4.78 is 39.4. The zero-order valence-electron chi connectivity index (χ0n) is 11.4. The Labute approximate surface area is 119 Å². The van der Waals surface area contributed by atoms with Crippen molar-refractivity contribution in [1.82, 2.24) is 20.2 Å². The van der Waals surface area contributed by atoms with Crippen LogP contribution in [0.1, 0.15) is 36.3 Å². The fourth-order valence-corrected chi connectivity index (χ4v) is 2.05. The molecule has 5 nitrogen and oxygen atoms in total. The molecule has 3 N–H and O–H groups in total. The van der Waals surface area contributed by atoms with Gasteiger partial charge in [0.2, 0.25) is 0 Å². The predicted octanol–water partition coefficient (Wildman–Crippen LogP) is 2.26. The Morgan fingerprint density at radius 1 is 1.33 bits per heavy atom. The molecule has 2 aromatic heterocycles. The van der Waals surface area contributed by atoms with Gasteiger partial charge < -0.3 is 0 Å². The number of pyridine rings is 1. The molecule has 0 saturated carbocycles. The van der Waals surface area contributed by atoms with Gasteiger partial charge in [0.25, 0.3) is 0 Å². The highest BCUT2D eigenvalue weighted by molar-refractivity contribution is 5.25. The van der Waals surface area contributed by atoms with E-state index in [2.05, 4.69) is 15.5 Å². The molecule has 0 spiro atoms. The van der Waals surface area contributed by atoms with Gasteiger partial charge in [0.15, 0.2) is 0 Å². The van der Waals surface area contributed by atoms with Crippen molar-refractivity contribution in [3.05, 3.63) is 47.5 Å². The van der Waals surface area contributed by atoms with Crippen molar-refractivity contribution in [2.24, 2.45) is 5.84 Å². The number of nitrogens with one attached hydrogen (secondary N) is 1. The molecule has 0 aliphatic heterocycles. The summed E-state index contributed by atoms with van der Waals surface area (Å²) in [5.74, 6) is 5.53. The van der Waals surface area contributed by atoms with Gasteiger partial charge in [-0.3, -0.25) is 15.5 Å². The summed E-state index contributed by atoms with van der Waals surface area (Å²) in [6, 6.07) is 3.56. The van der Waals surface area contributed by atoms with E-state index in [0.717, 1.165) is 24.4 Å². The Hall–Kier alpha value is -1.93. The van der Waals surface area contributed by atoms with Gasteiger partial charge >= 0.3 is 6.18 Å². The van der Waals surface area contributed by atoms with Crippen LogP contribution in [-0.4, -0.2) is 14.8 Å². The van der Waals surface area contributed by atoms with E-state index in [4.69, 9.17) is 5.84 Å². The van der Waals surface area contributed by atoms with Crippen LogP contribution in [0.3, 0.4) is 0 Å². The molecular formula is C13H16F3N5. The third-order valence-corrected chi connectivity index (χ3v) is 3.06. The monoisotopic (exact) mass is 299 g/mol. The lowest BCUT2D eigenvalue weighted by Gasteiger charge is -2.17. The summed E-state index contributed by atoms with van der Waals surface area (Å²) in [4.78, 5) is 3.87. The number of hydrogen-bond donors (Lipinski definition) is 2. The number of halogens is 3. The van der Waals surface area contributed by atoms with Crippen LogP contribution in [-0.2, 0) is 12.7 Å². The maximum atomic E-state index is 12.5. The average Bonchev–Trinajstić information content (AvgIpc) is 2.88. The number of nitrogens with zero attached hydrogens (tertiary/aromatic N) is 3. The molecule has 2 aromatic rings. The van der Waals surface area contributed by atoms with Gasteiger partial charge in [-0.15, -0.1) is 0 Å². The summed E-state index contributed by atoms with van der Waals surface area (Å²) in [5, 5.41) is 4.17. The maximum absolute atomic E-state index is 12.5. The van der Waals surface area contributed by atoms with Crippen LogP contribution in [0.5, 0.6) is 0 Å². The molecule has 0 amide bonds. The number of hydrazine groups is 1. The standard InChI is InChI=1S/C13H16F3N5/c1-2-7-21-11(5-6-19-21)12(20-17)10-4-3-9(8-18-10)13(14,15)16/h3-6,8,12,20H,2,7,17H2,1H3. The van der Waals surface area contributed by atoms with Crippen molar-refractivity contribution in [1.29, 1.82) is 0 Å². The fourth-order valence-electron chi connectivity index (χ4n) is 2.05. The lowest BCUT2D eigenvalue weighted by atomic mass is 10.1. The predicted molar refractivity (Wildman–Crippen MR) is 70.9 cm³/mol. The van der Waals surface area contributed by atoms with Gasteiger partial charge in [-0.05, 0) is 24.6 Å². The maximum Gasteiger partial charge on any atom is 0.417 e. The number of nitrogens with two attached hydrogens (primary N) is 1. The molecule has 0 aliphatic rings. The molecule has 0 saturated heterocycles. The van der Waals surface area contributed by atoms with Crippen LogP contribution < -0.4 is 11.3 Å². The van der Waals surface area contributed by atoms with Gasteiger partial charge in [-0.1, -0.05) is 6.92 Å². The number of aryl methyl sites for hydroxylation is 1. The second-order valence-electron chi connectivity index (χ2n) is 4.55. The molecule has 0 aromatic carbocycles. The summed E-state index contributed by atoms with van der Waals surface area (Å²) in [5.41, 5.74) is 2.95. The molecule has 0 bridgehead atoms. The molecule has 21 heavy (non-hydrogen) atoms. The highest BCUT2D eigenvalue weighted by Gasteiger charge is 2.31. The first kappa shape index (κ1) is 15.5. The first-order valence-electron chi connectivity index (χ1n) is 6.48. The Morgan fingerprint density at radius 2 is 2.10 bits per heavy atom. The van der Waals surface area contributed by atoms with E-state index < -0.39 is 17.8 Å². The van der Waals surface area contributed by atoms with E-state index >= 15 is 0 Å². The third-order valence-electron chi connectivity index (χ3n) is 3.06. The van der Waals surface area contributed by atoms with Gasteiger partial charge in [0.05, 0.1) is 17.0 Å². The highest BCUT2D eigenvalue weighted by atomic mass is 19.4. The largest absolute Gasteiger partial charge is 0.417 e. The Morgan fingerprint density at radius 3 is 2.62 bits per heavy atom. The molecular weight excluding hydrogens is 283 g/mol. The lowest BCUT2D eigenvalue weighted by Crippen LogP contribution is -2.31. The molecule has 1 unspecified atom stereocenters. The first-order chi connectivity index (χ1) is 9.97. The van der Waals surface area contributed by atoms with Gasteiger partial charge in [-0.2, -0.15) is 18.3 Å². The van der Waals surface area contributed by atoms with Crippen molar-refractivity contribution in [3.63, 3.8) is 0 Å². The smallest absolute Gasteiger partial charge is 0.270 e. The summed E-state index contributed by atoms with van der Waals surface area (Å²) in [6.07, 6.45) is -1.09. The van der Waals surface area contributed by atoms with Crippen LogP contribution in [0.2, 0.25) is 0 Å². The lowest BCUT2D eigenvalue weighted by molar-refractivity contribution is -0.137. The molecule has 2 rings (SSSR count). The van der Waals surface area contributed by atoms with Crippen molar-refractivity contribution in [2.45, 2.75) is 32.1 Å². The van der Waals surface area contributed by atoms with Crippen LogP contribution >= 0.6 is 0 Å². The quantitative estimate of drug-likeness (QED) is 0.656. The van der Waals surface area contributed by atoms with Gasteiger partial charge in [0.1, 0.15) is 6.04 Å². The summed E-state index contributed by atoms with van der Waals surface area (Å²) >= 11 is 0. The van der Waals surface area contributed by atoms with Crippen molar-refractivity contribution < 1.29 is 13.2 Å². The molecule has 8 heteroatoms. The molecule has 0 aliphatic carbocycles. The fraction of sp³-hybridized carbons (Fsp3) is 0.385. The van der Waals surface area contributed by atoms with E-state index in [1.165, 1.54) is 6.07 Å². The SMILES string of the molecule is CCCn1nccc1C(NN)c1ccc(C(F)(F)F)cn1. The van der Waals surface area contributed by atoms with Gasteiger partial charge in [0, 0.05) is 18.9 Å². The number of alkyl halides is 3. The summed E-state index contributed by atoms with van der Waals surface area (Å²) in [7, 11) is 0. The van der Waals surface area contributed by atoms with Crippen LogP contribution in [0.4, 0.5) is 13.2 Å². The number of rotatable bonds is 5. The van der Waals surface area contributed by atoms with Gasteiger partial charge in [-0.25, -0.2) is 5.43 Å². The first-order valence-corrected chi connectivity index (χ1v) is 6.48. The Bertz CT molecular complexity index is 576. The van der Waals surface area contributed by atoms with Crippen molar-refractivity contribution in [2.75, 3.05) is 0 Å². The second-order valence-corrected chi connectivity index (χ2v) is 4.55. The zero-order valence-corrected chi connectivity index (χ0v) is 11.4. The van der Waals surface area contributed by atoms with E-state index in [-0.39, 0.29) is 0 Å². The molecule has 1 atom stereocenters. The molecule has 114 valence electrons. The molecule has 2 heterocycles. The Balaban J connectivity index is 2.31. The third kappa shape index (κ3) is 3.40. The highest BCUT2D eigenvalue weighted by Crippen LogP contribution is 2.29. The number of hydrogen-bond acceptors (Lipinski definition) is 4. The average molecular weight is 299 g/mol. The minimum Gasteiger partial charge on any atom is -0.270 e. The van der Waals surface area contributed by atoms with Crippen molar-refractivity contribution in [3.8, 4) is 0 Å². The Kier molecular flexibility index (Phi) is 4.59. The second kappa shape index (κ2) is 6.23. The van der Waals surface area contributed by atoms with Crippen LogP contribution in [0.15, 0.2) is 30.6 Å². The van der Waals surface area contributed by atoms with E-state index in [1.807, 2.05) is 6.92 Å².